The van der Waals surface area contributed by atoms with Crippen molar-refractivity contribution in [3.8, 4) is 0 Å². The van der Waals surface area contributed by atoms with Crippen molar-refractivity contribution in [2.24, 2.45) is 35.5 Å². The van der Waals surface area contributed by atoms with Gasteiger partial charge in [-0.25, -0.2) is 0 Å². The van der Waals surface area contributed by atoms with Gasteiger partial charge in [-0.15, -0.1) is 0 Å². The molecule has 6 atom stereocenters. The van der Waals surface area contributed by atoms with Crippen LogP contribution in [0.5, 0.6) is 0 Å². The van der Waals surface area contributed by atoms with Gasteiger partial charge in [0.1, 0.15) is 0 Å². The fourth-order valence-electron chi connectivity index (χ4n) is 31.5. The normalized spacial score (nSPS) is 25.2. The molecule has 2 heterocycles. The zero-order valence-electron chi connectivity index (χ0n) is 85.6. The van der Waals surface area contributed by atoms with Crippen molar-refractivity contribution in [3.63, 3.8) is 0 Å². The molecule has 14 saturated carbocycles. The van der Waals surface area contributed by atoms with E-state index in [1.54, 1.807) is 385 Å². The Morgan fingerprint density at radius 1 is 0.248 bits per heavy atom. The van der Waals surface area contributed by atoms with Gasteiger partial charge >= 0.3 is 271 Å². The molecule has 2 bridgehead atoms. The second-order valence-electron chi connectivity index (χ2n) is 46.8. The van der Waals surface area contributed by atoms with E-state index < -0.39 is 27.0 Å². The summed E-state index contributed by atoms with van der Waals surface area (Å²) in [6, 6.07) is 55.7. The van der Waals surface area contributed by atoms with E-state index in [9.17, 15) is 0 Å². The van der Waals surface area contributed by atoms with Gasteiger partial charge < -0.3 is 4.57 Å². The summed E-state index contributed by atoms with van der Waals surface area (Å²) in [7, 11) is 23.8. The molecule has 14 fully saturated rings. The topological polar surface area (TPSA) is 9.86 Å². The third-order valence-electron chi connectivity index (χ3n) is 37.9. The van der Waals surface area contributed by atoms with E-state index in [0.717, 1.165) is 36.3 Å². The quantitative estimate of drug-likeness (QED) is 0.0409. The first-order valence-electron chi connectivity index (χ1n) is 58.7. The van der Waals surface area contributed by atoms with Crippen LogP contribution < -0.4 is 0 Å². The monoisotopic (exact) mass is 2240 g/mol. The number of rotatable bonds is 20. The summed E-state index contributed by atoms with van der Waals surface area (Å²) in [5.41, 5.74) is 22.5. The Labute approximate surface area is 894 Å². The van der Waals surface area contributed by atoms with E-state index in [4.69, 9.17) is 38.8 Å². The average Bonchev–Trinajstić information content (AvgIpc) is 1.61. The maximum atomic E-state index is 6.34. The standard InChI is InChI=1S/C27H25N.C20H19N.4C18H33P.C7H6.3CH4.4ClH.2Ru/c1-20-17-22(16-15-21-9-3-2-4-10-21)18-23(20)19-28-26-13-7-5-11-24(26)25-12-6-8-14-27(25)28;1-3-7-19-17(5-1)18-6-2-4-8-20(18)21(19)13-16-12-14-9-10-15(16)11-14;4*1-4-10-16(11-5-1)19(17-12-6-2-7-13-17)18-14-8-3-9-15-18;1-7-5-3-2-4-6-7;;;;;;;;;/h1-16,20,22-23H,17-19H2;1-10,14-16H,11-13H2;4*16-18H,1-15H2;1-6H;3*1H4;4*1H;;/q;;;;;;;;;;;;;;2*+2/b16-15-;;;;;;;;;;;;;;;. The number of aromatic nitrogens is 2. The molecule has 141 heavy (non-hydrogen) atoms. The number of hydrogen-bond acceptors (Lipinski definition) is 0. The molecule has 0 amide bonds. The molecule has 784 valence electrons. The fraction of sp³-hybridized carbons (Fsp3) is 0.674. The summed E-state index contributed by atoms with van der Waals surface area (Å²) in [6.07, 6.45) is 110. The predicted molar refractivity (Wildman–Crippen MR) is 640 cm³/mol. The van der Waals surface area contributed by atoms with Crippen LogP contribution in [0.4, 0.5) is 0 Å². The van der Waals surface area contributed by atoms with Crippen molar-refractivity contribution in [1.29, 1.82) is 0 Å². The zero-order chi connectivity index (χ0) is 94.1. The third-order valence-corrected chi connectivity index (χ3v) is 60.3. The van der Waals surface area contributed by atoms with Gasteiger partial charge in [0.2, 0.25) is 0 Å². The molecule has 0 aliphatic heterocycles. The fourth-order valence-corrected chi connectivity index (χ4v) is 56.8. The summed E-state index contributed by atoms with van der Waals surface area (Å²) < 4.78 is 9.28. The van der Waals surface area contributed by atoms with Gasteiger partial charge in [0, 0.05) is 60.0 Å². The number of benzene rings is 6. The minimum absolute atomic E-state index is 0. The molecule has 0 saturated heterocycles. The summed E-state index contributed by atoms with van der Waals surface area (Å²) >= 11 is -3.43. The van der Waals surface area contributed by atoms with Crippen LogP contribution in [-0.4, -0.2) is 86.3 Å². The second kappa shape index (κ2) is 62.4. The van der Waals surface area contributed by atoms with Crippen molar-refractivity contribution in [2.75, 3.05) is 0 Å². The molecule has 0 radical (unpaired) electrons. The van der Waals surface area contributed by atoms with E-state index >= 15 is 0 Å². The summed E-state index contributed by atoms with van der Waals surface area (Å²) in [5.74, 6) is 4.06. The van der Waals surface area contributed by atoms with Gasteiger partial charge in [0.05, 0.1) is 67.9 Å². The Morgan fingerprint density at radius 2 is 0.489 bits per heavy atom. The van der Waals surface area contributed by atoms with Crippen molar-refractivity contribution in [2.45, 2.75) is 514 Å². The van der Waals surface area contributed by atoms with Crippen molar-refractivity contribution in [3.05, 3.63) is 187 Å². The van der Waals surface area contributed by atoms with Crippen molar-refractivity contribution in [1.82, 2.24) is 9.13 Å². The number of allylic oxidation sites excluding steroid dienone is 3. The number of nitrogens with zero attached hydrogens (tertiary/aromatic N) is 2. The Hall–Kier alpha value is -1.73. The average molecular weight is 2240 g/mol. The van der Waals surface area contributed by atoms with Gasteiger partial charge in [-0.3, -0.25) is 0 Å². The summed E-state index contributed by atoms with van der Waals surface area (Å²) in [4.78, 5) is 0. The molecule has 0 N–H and O–H groups in total. The van der Waals surface area contributed by atoms with Crippen LogP contribution >= 0.6 is 70.5 Å². The van der Waals surface area contributed by atoms with E-state index in [1.165, 1.54) is 143 Å². The first-order valence-corrected chi connectivity index (χ1v) is 76.6. The molecular weight excluding hydrogens is 2050 g/mol. The van der Waals surface area contributed by atoms with Crippen molar-refractivity contribution >= 4 is 129 Å². The number of para-hydroxylation sites is 4. The first kappa shape index (κ1) is 115. The van der Waals surface area contributed by atoms with E-state index in [-0.39, 0.29) is 54.0 Å². The number of halogens is 4. The van der Waals surface area contributed by atoms with Crippen LogP contribution in [0.2, 0.25) is 0 Å². The molecular formula is C129H198Cl4N2P4Ru2+4. The molecule has 6 aromatic carbocycles. The van der Waals surface area contributed by atoms with Gasteiger partial charge in [-0.2, -0.15) is 0 Å². The van der Waals surface area contributed by atoms with Crippen LogP contribution in [0.25, 0.3) is 49.7 Å². The van der Waals surface area contributed by atoms with Gasteiger partial charge in [0.25, 0.3) is 0 Å². The Kier molecular flexibility index (Phi) is 50.9. The molecule has 2 aromatic heterocycles. The number of fused-ring (bicyclic) bond motifs is 8. The minimum atomic E-state index is -1.82. The van der Waals surface area contributed by atoms with Crippen molar-refractivity contribution < 1.29 is 27.0 Å². The van der Waals surface area contributed by atoms with Crippen LogP contribution in [-0.2, 0) is 40.1 Å². The molecule has 6 unspecified atom stereocenters. The van der Waals surface area contributed by atoms with Crippen LogP contribution in [0.15, 0.2) is 176 Å². The van der Waals surface area contributed by atoms with E-state index in [2.05, 4.69) is 165 Å². The number of hydrogen-bond donors (Lipinski definition) is 0. The van der Waals surface area contributed by atoms with Gasteiger partial charge in [-0.05, 0) is 351 Å². The molecule has 12 heteroatoms. The molecule has 15 aliphatic carbocycles. The SMILES string of the molecule is C.C.C.C1=CC2CC1CC2Cn1c2ccccc2c2ccccc21.C1CCC([PH+](C2CCCCC2)C2CCCCC2)CC1.C1CCC([PH+](C2CCCCC2)C2CCCCC2)CC1.C1CCC([PH+](C2CCCCC2)C2CCCCC2)CC1.C1CCC([PH+](C2CCCCC2)C2CCCCC2)CC1.[Cl][Ru]([Cl])=[CH]C1CC(/C=C\c2ccccc2)CC1Cn1c2ccccc2c2ccccc21.[Cl][Ru]([Cl])=[CH]c1ccccc1. The van der Waals surface area contributed by atoms with E-state index in [1.807, 2.05) is 34.9 Å². The maximum absolute atomic E-state index is 6.34. The summed E-state index contributed by atoms with van der Waals surface area (Å²) in [6.45, 7) is 2.17. The summed E-state index contributed by atoms with van der Waals surface area (Å²) in [5, 5.41) is 5.46. The van der Waals surface area contributed by atoms with E-state index in [0.29, 0.717) is 17.8 Å². The van der Waals surface area contributed by atoms with Gasteiger partial charge in [-0.1, -0.05) is 148 Å². The molecule has 0 spiro atoms. The van der Waals surface area contributed by atoms with Gasteiger partial charge in [0.15, 0.2) is 0 Å². The third kappa shape index (κ3) is 33.6. The first-order chi connectivity index (χ1) is 68.2. The Balaban J connectivity index is 0.000000133. The molecule has 8 aromatic rings. The van der Waals surface area contributed by atoms with Crippen LogP contribution in [0, 0.1) is 35.5 Å². The molecule has 2 nitrogen and oxygen atoms in total. The molecule has 23 rings (SSSR count). The second-order valence-corrected chi connectivity index (χ2v) is 72.1. The zero-order valence-corrected chi connectivity index (χ0v) is 96.1. The predicted octanol–water partition coefficient (Wildman–Crippen LogP) is 42.4. The Bertz CT molecular complexity index is 4410. The van der Waals surface area contributed by atoms with Crippen LogP contribution in [0.3, 0.4) is 0 Å². The Morgan fingerprint density at radius 3 is 0.723 bits per heavy atom. The molecule has 15 aliphatic rings. The van der Waals surface area contributed by atoms with Crippen LogP contribution in [0.1, 0.15) is 444 Å².